The van der Waals surface area contributed by atoms with Crippen LogP contribution in [-0.4, -0.2) is 9.90 Å². The van der Waals surface area contributed by atoms with Gasteiger partial charge in [0.2, 0.25) is 6.19 Å². The molecule has 0 aliphatic carbocycles. The molecule has 0 aliphatic rings. The van der Waals surface area contributed by atoms with E-state index in [0.29, 0.717) is 0 Å². The number of anilines is 1. The number of nitrogens with zero attached hydrogens (tertiary/aromatic N) is 3. The molecule has 0 saturated heterocycles. The fourth-order valence-corrected chi connectivity index (χ4v) is 0.198. The molecule has 0 fully saturated rings. The van der Waals surface area contributed by atoms with E-state index in [4.69, 9.17) is 11.0 Å². The molecular formula is C2H2N4O. The molecule has 0 aromatic carbocycles. The quantitative estimate of drug-likeness (QED) is 0.469. The van der Waals surface area contributed by atoms with E-state index in [-0.39, 0.29) is 5.95 Å². The summed E-state index contributed by atoms with van der Waals surface area (Å²) in [5.74, 6) is 0.0995. The molecule has 0 unspecified atom stereocenters. The van der Waals surface area contributed by atoms with Gasteiger partial charge in [0, 0.05) is 0 Å². The van der Waals surface area contributed by atoms with Crippen molar-refractivity contribution in [2.75, 3.05) is 5.73 Å². The van der Waals surface area contributed by atoms with Crippen molar-refractivity contribution in [3.05, 3.63) is 0 Å². The van der Waals surface area contributed by atoms with Gasteiger partial charge in [-0.1, -0.05) is 0 Å². The number of nitriles is 1. The number of nitrogens with two attached hydrogens (primary N) is 1. The Morgan fingerprint density at radius 1 is 2.00 bits per heavy atom. The summed E-state index contributed by atoms with van der Waals surface area (Å²) in [6, 6.07) is 0. The van der Waals surface area contributed by atoms with Gasteiger partial charge in [0.15, 0.2) is 0 Å². The Labute approximate surface area is 38.9 Å². The number of hydrogen-bond acceptors (Lipinski definition) is 4. The molecule has 0 aliphatic heterocycles. The maximum absolute atomic E-state index is 7.95. The van der Waals surface area contributed by atoms with Crippen LogP contribution in [0.4, 0.5) is 5.95 Å². The van der Waals surface area contributed by atoms with Crippen molar-refractivity contribution in [3.8, 4) is 6.19 Å². The summed E-state index contributed by atoms with van der Waals surface area (Å²) in [6.07, 6.45) is 1.61. The van der Waals surface area contributed by atoms with Crippen molar-refractivity contribution >= 4 is 5.95 Å². The molecule has 36 valence electrons. The van der Waals surface area contributed by atoms with Crippen LogP contribution in [0.25, 0.3) is 0 Å². The first-order chi connectivity index (χ1) is 3.34. The van der Waals surface area contributed by atoms with Gasteiger partial charge in [0.05, 0.1) is 0 Å². The molecule has 5 heteroatoms. The zero-order valence-electron chi connectivity index (χ0n) is 3.33. The lowest BCUT2D eigenvalue weighted by Gasteiger charge is -1.94. The topological polar surface area (TPSA) is 80.8 Å². The Morgan fingerprint density at radius 2 is 2.71 bits per heavy atom. The highest BCUT2D eigenvalue weighted by molar-refractivity contribution is 5.14. The minimum atomic E-state index is 0.0995. The number of aromatic nitrogens is 2. The Bertz CT molecular complexity index is 190. The second kappa shape index (κ2) is 1.01. The largest absolute Gasteiger partial charge is 0.363 e. The molecule has 1 rings (SSSR count). The van der Waals surface area contributed by atoms with Crippen LogP contribution in [0.15, 0.2) is 4.63 Å². The summed E-state index contributed by atoms with van der Waals surface area (Å²) in [5, 5.41) is 11.1. The van der Waals surface area contributed by atoms with Crippen LogP contribution in [0.2, 0.25) is 0 Å². The van der Waals surface area contributed by atoms with Gasteiger partial charge in [0.25, 0.3) is 5.95 Å². The Kier molecular flexibility index (Phi) is 0.540. The van der Waals surface area contributed by atoms with Crippen LogP contribution in [0.1, 0.15) is 0 Å². The average molecular weight is 98.1 g/mol. The average Bonchev–Trinajstić information content (AvgIpc) is 1.65. The molecule has 2 N–H and O–H groups in total. The lowest BCUT2D eigenvalue weighted by atomic mass is 11.0. The van der Waals surface area contributed by atoms with E-state index < -0.39 is 0 Å². The molecule has 0 radical (unpaired) electrons. The van der Waals surface area contributed by atoms with Crippen molar-refractivity contribution in [1.82, 2.24) is 9.90 Å². The summed E-state index contributed by atoms with van der Waals surface area (Å²) in [6.45, 7) is 0. The van der Waals surface area contributed by atoms with Gasteiger partial charge in [-0.15, -0.1) is 0 Å². The fraction of sp³-hybridized carbons (Fsp3) is 0. The lowest BCUT2D eigenvalue weighted by molar-refractivity contribution is 0.183. The minimum Gasteiger partial charge on any atom is -0.363 e. The summed E-state index contributed by atoms with van der Waals surface area (Å²) in [5.41, 5.74) is 4.96. The molecule has 1 heterocycles. The van der Waals surface area contributed by atoms with Crippen molar-refractivity contribution in [1.29, 1.82) is 5.26 Å². The second-order valence-corrected chi connectivity index (χ2v) is 0.926. The highest BCUT2D eigenvalue weighted by atomic mass is 16.6. The van der Waals surface area contributed by atoms with Gasteiger partial charge in [-0.25, -0.2) is 4.63 Å². The van der Waals surface area contributed by atoms with Crippen LogP contribution in [0.3, 0.4) is 0 Å². The molecule has 7 heavy (non-hydrogen) atoms. The predicted octanol–water partition coefficient (Wildman–Crippen LogP) is -0.613. The highest BCUT2D eigenvalue weighted by Crippen LogP contribution is 1.93. The smallest absolute Gasteiger partial charge is 0.288 e. The van der Waals surface area contributed by atoms with Crippen molar-refractivity contribution in [3.63, 3.8) is 0 Å². The van der Waals surface area contributed by atoms with E-state index >= 15 is 0 Å². The number of nitrogen functional groups attached to an aromatic ring is 1. The third kappa shape index (κ3) is 0.327. The van der Waals surface area contributed by atoms with E-state index in [0.717, 1.165) is 4.74 Å². The molecule has 0 bridgehead atoms. The first-order valence-electron chi connectivity index (χ1n) is 1.55. The first-order valence-corrected chi connectivity index (χ1v) is 1.55. The standard InChI is InChI=1S/C2H2N4O/c3-1-6-2(4)5-7-6/h(H2,4,5). The summed E-state index contributed by atoms with van der Waals surface area (Å²) >= 11 is 0. The minimum absolute atomic E-state index is 0.0995. The van der Waals surface area contributed by atoms with Crippen molar-refractivity contribution in [2.24, 2.45) is 0 Å². The van der Waals surface area contributed by atoms with Crippen LogP contribution < -0.4 is 5.73 Å². The van der Waals surface area contributed by atoms with Crippen LogP contribution in [0, 0.1) is 11.5 Å². The predicted molar refractivity (Wildman–Crippen MR) is 19.9 cm³/mol. The molecule has 0 atom stereocenters. The fourth-order valence-electron chi connectivity index (χ4n) is 0.198. The normalized spacial score (nSPS) is 8.43. The van der Waals surface area contributed by atoms with Crippen molar-refractivity contribution < 1.29 is 4.63 Å². The zero-order valence-corrected chi connectivity index (χ0v) is 3.33. The summed E-state index contributed by atoms with van der Waals surface area (Å²) < 4.78 is 4.93. The third-order valence-corrected chi connectivity index (χ3v) is 0.515. The molecule has 1 aromatic rings. The maximum Gasteiger partial charge on any atom is 0.288 e. The van der Waals surface area contributed by atoms with Gasteiger partial charge in [-0.2, -0.15) is 5.26 Å². The van der Waals surface area contributed by atoms with Gasteiger partial charge >= 0.3 is 0 Å². The SMILES string of the molecule is N#Cn1onc1N. The van der Waals surface area contributed by atoms with Gasteiger partial charge in [-0.3, -0.25) is 0 Å². The molecule has 1 aromatic heterocycles. The Balaban J connectivity index is 2.91. The Hall–Kier alpha value is -1.44. The monoisotopic (exact) mass is 98.0 g/mol. The van der Waals surface area contributed by atoms with E-state index in [2.05, 4.69) is 9.79 Å². The third-order valence-electron chi connectivity index (χ3n) is 0.515. The van der Waals surface area contributed by atoms with Crippen LogP contribution in [-0.2, 0) is 0 Å². The van der Waals surface area contributed by atoms with E-state index in [9.17, 15) is 0 Å². The van der Waals surface area contributed by atoms with Gasteiger partial charge in [0.1, 0.15) is 0 Å². The van der Waals surface area contributed by atoms with Crippen LogP contribution >= 0.6 is 0 Å². The number of hydrogen-bond donors (Lipinski definition) is 1. The van der Waals surface area contributed by atoms with Crippen molar-refractivity contribution in [2.45, 2.75) is 0 Å². The molecule has 0 amide bonds. The zero-order chi connectivity index (χ0) is 5.28. The van der Waals surface area contributed by atoms with Crippen LogP contribution in [0.5, 0.6) is 0 Å². The number of rotatable bonds is 0. The highest BCUT2D eigenvalue weighted by Gasteiger charge is 1.99. The molecule has 0 saturated carbocycles. The van der Waals surface area contributed by atoms with Gasteiger partial charge < -0.3 is 5.73 Å². The summed E-state index contributed by atoms with van der Waals surface area (Å²) in [4.78, 5) is 0. The van der Waals surface area contributed by atoms with E-state index in [1.165, 1.54) is 0 Å². The van der Waals surface area contributed by atoms with Gasteiger partial charge in [-0.05, 0) is 9.90 Å². The van der Waals surface area contributed by atoms with E-state index in [1.807, 2.05) is 0 Å². The molecule has 5 nitrogen and oxygen atoms in total. The lowest BCUT2D eigenvalue weighted by Crippen LogP contribution is -2.07. The molecule has 0 spiro atoms. The molecular weight excluding hydrogens is 96.0 g/mol. The summed E-state index contributed by atoms with van der Waals surface area (Å²) in [7, 11) is 0. The van der Waals surface area contributed by atoms with E-state index in [1.54, 1.807) is 6.19 Å². The first kappa shape index (κ1) is 3.74. The maximum atomic E-state index is 7.95. The Morgan fingerprint density at radius 3 is 2.71 bits per heavy atom. The second-order valence-electron chi connectivity index (χ2n) is 0.926.